The molecule has 10 heteroatoms. The number of hydrogen-bond donors (Lipinski definition) is 0. The van der Waals surface area contributed by atoms with Gasteiger partial charge in [0.15, 0.2) is 11.6 Å². The third kappa shape index (κ3) is 8.63. The van der Waals surface area contributed by atoms with Crippen LogP contribution in [0.5, 0.6) is 0 Å². The number of hydrogen-bond acceptors (Lipinski definition) is 9. The molecule has 10 nitrogen and oxygen atoms in total. The highest BCUT2D eigenvalue weighted by Crippen LogP contribution is 2.45. The molecule has 12 rings (SSSR count). The normalized spacial score (nSPS) is 10.8. The molecule has 0 unspecified atom stereocenters. The van der Waals surface area contributed by atoms with E-state index in [1.807, 2.05) is 182 Å². The Kier molecular flexibility index (Phi) is 11.9. The molecule has 9 aromatic carbocycles. The van der Waals surface area contributed by atoms with Gasteiger partial charge in [-0.15, -0.1) is 0 Å². The van der Waals surface area contributed by atoms with Crippen molar-refractivity contribution in [2.24, 2.45) is 0 Å². The van der Waals surface area contributed by atoms with Gasteiger partial charge in [-0.25, -0.2) is 19.9 Å². The van der Waals surface area contributed by atoms with Crippen LogP contribution in [-0.2, 0) is 0 Å². The molecule has 0 saturated heterocycles. The molecule has 0 radical (unpaired) electrons. The number of aromatic nitrogens is 5. The van der Waals surface area contributed by atoms with Crippen molar-refractivity contribution >= 4 is 21.8 Å². The van der Waals surface area contributed by atoms with E-state index in [-0.39, 0.29) is 0 Å². The first kappa shape index (κ1) is 46.5. The van der Waals surface area contributed by atoms with Crippen LogP contribution >= 0.6 is 0 Å². The molecule has 0 saturated carbocycles. The third-order valence-electron chi connectivity index (χ3n) is 13.6. The minimum Gasteiger partial charge on any atom is -0.308 e. The van der Waals surface area contributed by atoms with Crippen LogP contribution in [-0.4, -0.2) is 24.5 Å². The first-order valence-electron chi connectivity index (χ1n) is 24.5. The van der Waals surface area contributed by atoms with Gasteiger partial charge >= 0.3 is 0 Å². The summed E-state index contributed by atoms with van der Waals surface area (Å²) in [5.74, 6) is 0.641. The second kappa shape index (κ2) is 19.8. The molecule has 0 atom stereocenters. The molecule has 0 bridgehead atoms. The molecule has 0 fully saturated rings. The van der Waals surface area contributed by atoms with E-state index in [0.29, 0.717) is 112 Å². The summed E-state index contributed by atoms with van der Waals surface area (Å²) >= 11 is 0. The maximum atomic E-state index is 11.1. The quantitative estimate of drug-likeness (QED) is 0.136. The molecule has 0 spiro atoms. The third-order valence-corrected chi connectivity index (χ3v) is 13.6. The first-order chi connectivity index (χ1) is 37.9. The first-order valence-corrected chi connectivity index (χ1v) is 24.5. The fourth-order valence-corrected chi connectivity index (χ4v) is 9.95. The van der Waals surface area contributed by atoms with Crippen LogP contribution in [0.4, 0.5) is 0 Å². The van der Waals surface area contributed by atoms with E-state index in [4.69, 9.17) is 19.9 Å². The Morgan fingerprint density at radius 3 is 0.961 bits per heavy atom. The van der Waals surface area contributed by atoms with Gasteiger partial charge in [0.05, 0.1) is 97.7 Å². The lowest BCUT2D eigenvalue weighted by Gasteiger charge is -2.20. The largest absolute Gasteiger partial charge is 0.308 e. The zero-order valence-corrected chi connectivity index (χ0v) is 40.8. The topological polar surface area (TPSA) is 175 Å². The van der Waals surface area contributed by atoms with Crippen molar-refractivity contribution in [2.45, 2.75) is 0 Å². The highest BCUT2D eigenvalue weighted by atomic mass is 15.0. The Hall–Kier alpha value is -11.6. The Morgan fingerprint density at radius 1 is 0.286 bits per heavy atom. The van der Waals surface area contributed by atoms with E-state index >= 15 is 0 Å². The monoisotopic (exact) mass is 980 g/mol. The Bertz CT molecular complexity index is 4160. The minimum atomic E-state index is 0.304. The maximum absolute atomic E-state index is 11.1. The van der Waals surface area contributed by atoms with Crippen molar-refractivity contribution in [3.05, 3.63) is 246 Å². The number of fused-ring (bicyclic) bond motifs is 3. The summed E-state index contributed by atoms with van der Waals surface area (Å²) in [7, 11) is 0. The van der Waals surface area contributed by atoms with E-state index < -0.39 is 0 Å². The van der Waals surface area contributed by atoms with Crippen LogP contribution in [0.2, 0.25) is 0 Å². The molecule has 0 aliphatic rings. The standard InChI is InChI=1S/C67H36N10/c68-37-42-21-25-53(51(29-42)40-71)49-23-27-55-56-28-24-50(54-26-22-43(38-69)30-52(54)41-72)34-64(56)77(63(55)33-49)65-57(66-73-59(45-13-5-1-6-14-45)35-60(74-66)46-15-7-2-8-16-46)31-44(39-70)32-58(65)67-75-61(47-17-9-3-10-18-47)36-62(76-67)48-19-11-4-12-20-48/h1-36H. The molecule has 77 heavy (non-hydrogen) atoms. The fourth-order valence-electron chi connectivity index (χ4n) is 9.95. The van der Waals surface area contributed by atoms with Gasteiger partial charge in [0, 0.05) is 44.2 Å². The van der Waals surface area contributed by atoms with E-state index in [1.54, 1.807) is 36.4 Å². The summed E-state index contributed by atoms with van der Waals surface area (Å²) in [6, 6.07) is 80.7. The fraction of sp³-hybridized carbons (Fsp3) is 0. The molecule has 0 aliphatic heterocycles. The summed E-state index contributed by atoms with van der Waals surface area (Å²) < 4.78 is 2.12. The summed E-state index contributed by atoms with van der Waals surface area (Å²) in [6.45, 7) is 0. The zero-order chi connectivity index (χ0) is 52.4. The van der Waals surface area contributed by atoms with E-state index in [2.05, 4.69) is 34.9 Å². The van der Waals surface area contributed by atoms with Gasteiger partial charge in [-0.05, 0) is 82.9 Å². The highest BCUT2D eigenvalue weighted by Gasteiger charge is 2.27. The van der Waals surface area contributed by atoms with E-state index in [1.165, 1.54) is 0 Å². The van der Waals surface area contributed by atoms with Gasteiger partial charge in [0.2, 0.25) is 0 Å². The molecule has 12 aromatic rings. The van der Waals surface area contributed by atoms with Crippen molar-refractivity contribution < 1.29 is 0 Å². The van der Waals surface area contributed by atoms with Crippen molar-refractivity contribution in [1.29, 1.82) is 26.3 Å². The van der Waals surface area contributed by atoms with E-state index in [0.717, 1.165) is 33.0 Å². The van der Waals surface area contributed by atoms with Gasteiger partial charge in [-0.1, -0.05) is 158 Å². The van der Waals surface area contributed by atoms with E-state index in [9.17, 15) is 26.3 Å². The van der Waals surface area contributed by atoms with Crippen LogP contribution in [0.1, 0.15) is 27.8 Å². The van der Waals surface area contributed by atoms with Gasteiger partial charge < -0.3 is 4.57 Å². The zero-order valence-electron chi connectivity index (χ0n) is 40.8. The molecule has 3 heterocycles. The minimum absolute atomic E-state index is 0.304. The molecule has 3 aromatic heterocycles. The lowest BCUT2D eigenvalue weighted by Crippen LogP contribution is -2.07. The highest BCUT2D eigenvalue weighted by molar-refractivity contribution is 6.12. The lowest BCUT2D eigenvalue weighted by molar-refractivity contribution is 1.12. The van der Waals surface area contributed by atoms with Crippen LogP contribution in [0.25, 0.3) is 118 Å². The van der Waals surface area contributed by atoms with Crippen molar-refractivity contribution in [2.75, 3.05) is 0 Å². The van der Waals surface area contributed by atoms with Crippen LogP contribution in [0.3, 0.4) is 0 Å². The Balaban J connectivity index is 1.27. The molecule has 0 amide bonds. The Labute approximate surface area is 442 Å². The molecule has 354 valence electrons. The van der Waals surface area contributed by atoms with Crippen molar-refractivity contribution in [1.82, 2.24) is 24.5 Å². The molecule has 0 aliphatic carbocycles. The second-order valence-corrected chi connectivity index (χ2v) is 18.2. The van der Waals surface area contributed by atoms with Crippen molar-refractivity contribution in [3.8, 4) is 126 Å². The lowest BCUT2D eigenvalue weighted by atomic mass is 9.96. The van der Waals surface area contributed by atoms with Gasteiger partial charge in [-0.2, -0.15) is 26.3 Å². The number of nitrogens with zero attached hydrogens (tertiary/aromatic N) is 10. The summed E-state index contributed by atoms with van der Waals surface area (Å²) in [5, 5.41) is 53.5. The Morgan fingerprint density at radius 2 is 0.636 bits per heavy atom. The number of rotatable bonds is 9. The maximum Gasteiger partial charge on any atom is 0.162 e. The van der Waals surface area contributed by atoms with Gasteiger partial charge in [0.1, 0.15) is 0 Å². The summed E-state index contributed by atoms with van der Waals surface area (Å²) in [5.41, 5.74) is 13.3. The SMILES string of the molecule is N#Cc1ccc(-c2ccc3c4ccc(-c5ccc(C#N)cc5C#N)cc4n(-c4c(-c5nc(-c6ccccc6)cc(-c6ccccc6)n5)cc(C#N)cc4-c4nc(-c5ccccc5)cc(-c5ccccc5)n4)c3c2)c(C#N)c1. The number of nitriles is 5. The number of benzene rings is 9. The van der Waals surface area contributed by atoms with Crippen molar-refractivity contribution in [3.63, 3.8) is 0 Å². The molecular formula is C67H36N10. The molecule has 0 N–H and O–H groups in total. The predicted molar refractivity (Wildman–Crippen MR) is 299 cm³/mol. The average molecular weight is 981 g/mol. The predicted octanol–water partition coefficient (Wildman–Crippen LogP) is 15.1. The second-order valence-electron chi connectivity index (χ2n) is 18.2. The summed E-state index contributed by atoms with van der Waals surface area (Å²) in [6.07, 6.45) is 0. The average Bonchev–Trinajstić information content (AvgIpc) is 3.92. The van der Waals surface area contributed by atoms with Crippen LogP contribution in [0.15, 0.2) is 218 Å². The van der Waals surface area contributed by atoms with Gasteiger partial charge in [0.25, 0.3) is 0 Å². The molecular weight excluding hydrogens is 945 g/mol. The van der Waals surface area contributed by atoms with Gasteiger partial charge in [-0.3, -0.25) is 0 Å². The van der Waals surface area contributed by atoms with Crippen LogP contribution < -0.4 is 0 Å². The van der Waals surface area contributed by atoms with Crippen LogP contribution in [0, 0.1) is 56.7 Å². The smallest absolute Gasteiger partial charge is 0.162 e. The summed E-state index contributed by atoms with van der Waals surface area (Å²) in [4.78, 5) is 21.5.